The minimum Gasteiger partial charge on any atom is -0.506 e. The molecule has 2 N–H and O–H groups in total. The zero-order valence-electron chi connectivity index (χ0n) is 15.2. The molecule has 4 bridgehead atoms. The number of carbonyl (C=O) groups excluding carboxylic acids is 1. The Balaban J connectivity index is 1.53. The molecular formula is C21H24N4O2. The van der Waals surface area contributed by atoms with Gasteiger partial charge in [-0.25, -0.2) is 0 Å². The third-order valence-corrected chi connectivity index (χ3v) is 6.42. The molecule has 5 heterocycles. The highest BCUT2D eigenvalue weighted by Crippen LogP contribution is 2.43. The van der Waals surface area contributed by atoms with E-state index in [2.05, 4.69) is 44.4 Å². The summed E-state index contributed by atoms with van der Waals surface area (Å²) in [5.74, 6) is 0.249. The predicted molar refractivity (Wildman–Crippen MR) is 102 cm³/mol. The molecule has 6 heteroatoms. The second-order valence-corrected chi connectivity index (χ2v) is 8.14. The Hall–Kier alpha value is -2.44. The van der Waals surface area contributed by atoms with Gasteiger partial charge in [0.1, 0.15) is 5.75 Å². The molecule has 27 heavy (non-hydrogen) atoms. The smallest absolute Gasteiger partial charge is 0.253 e. The van der Waals surface area contributed by atoms with E-state index in [1.165, 1.54) is 24.0 Å². The van der Waals surface area contributed by atoms with Crippen molar-refractivity contribution in [3.8, 4) is 5.75 Å². The van der Waals surface area contributed by atoms with Crippen LogP contribution in [-0.4, -0.2) is 71.1 Å². The number of piperidine rings is 2. The standard InChI is InChI=1S/C21H24N4O2/c26-18-8-15(9-22-10-18)20(27)23-19-16-11-24-6-7-25(12-16)14-21(19,13-24)17-4-2-1-3-5-17/h1-5,8-10,16,19,26H,6-7,11-14H2,(H,23,27). The topological polar surface area (TPSA) is 68.7 Å². The summed E-state index contributed by atoms with van der Waals surface area (Å²) in [6, 6.07) is 12.2. The van der Waals surface area contributed by atoms with Crippen LogP contribution in [0, 0.1) is 5.92 Å². The number of nitrogens with zero attached hydrogens (tertiary/aromatic N) is 3. The molecule has 6 rings (SSSR count). The number of fused-ring (bicyclic) bond motifs is 1. The lowest BCUT2D eigenvalue weighted by Gasteiger charge is -2.55. The summed E-state index contributed by atoms with van der Waals surface area (Å²) in [6.45, 7) is 6.17. The van der Waals surface area contributed by atoms with Gasteiger partial charge in [-0.15, -0.1) is 0 Å². The molecule has 3 atom stereocenters. The highest BCUT2D eigenvalue weighted by Gasteiger charge is 2.55. The Morgan fingerprint density at radius 1 is 1.11 bits per heavy atom. The summed E-state index contributed by atoms with van der Waals surface area (Å²) in [5, 5.41) is 13.0. The maximum atomic E-state index is 13.0. The number of nitrogens with one attached hydrogen (secondary N) is 1. The van der Waals surface area contributed by atoms with Crippen molar-refractivity contribution in [2.24, 2.45) is 5.92 Å². The number of pyridine rings is 1. The Bertz CT molecular complexity index is 840. The van der Waals surface area contributed by atoms with Gasteiger partial charge in [0.25, 0.3) is 5.91 Å². The average Bonchev–Trinajstić information content (AvgIpc) is 2.93. The van der Waals surface area contributed by atoms with Crippen molar-refractivity contribution in [2.75, 3.05) is 39.3 Å². The minimum absolute atomic E-state index is 0.0135. The normalized spacial score (nSPS) is 34.2. The van der Waals surface area contributed by atoms with Gasteiger partial charge in [0.2, 0.25) is 0 Å². The van der Waals surface area contributed by atoms with Gasteiger partial charge in [-0.2, -0.15) is 0 Å². The number of aromatic hydroxyl groups is 1. The lowest BCUT2D eigenvalue weighted by atomic mass is 9.64. The zero-order chi connectivity index (χ0) is 18.4. The minimum atomic E-state index is -0.158. The molecule has 3 unspecified atom stereocenters. The van der Waals surface area contributed by atoms with Crippen LogP contribution in [0.15, 0.2) is 48.8 Å². The lowest BCUT2D eigenvalue weighted by molar-refractivity contribution is 0.0180. The van der Waals surface area contributed by atoms with E-state index in [1.807, 2.05) is 6.07 Å². The first-order valence-corrected chi connectivity index (χ1v) is 9.59. The highest BCUT2D eigenvalue weighted by atomic mass is 16.3. The molecule has 1 aromatic carbocycles. The van der Waals surface area contributed by atoms with Gasteiger partial charge in [0.05, 0.1) is 11.8 Å². The summed E-state index contributed by atoms with van der Waals surface area (Å²) >= 11 is 0. The maximum absolute atomic E-state index is 13.0. The number of hydrogen-bond acceptors (Lipinski definition) is 5. The van der Waals surface area contributed by atoms with Gasteiger partial charge in [0.15, 0.2) is 0 Å². The van der Waals surface area contributed by atoms with Crippen molar-refractivity contribution >= 4 is 5.91 Å². The lowest BCUT2D eigenvalue weighted by Crippen LogP contribution is -2.70. The largest absolute Gasteiger partial charge is 0.506 e. The molecule has 4 fully saturated rings. The van der Waals surface area contributed by atoms with Gasteiger partial charge in [-0.05, 0) is 11.6 Å². The SMILES string of the molecule is O=C(NC1C2CN3CCN(C2)CC1(c1ccccc1)C3)c1cncc(O)c1. The van der Waals surface area contributed by atoms with E-state index in [1.54, 1.807) is 0 Å². The van der Waals surface area contributed by atoms with Crippen molar-refractivity contribution in [3.63, 3.8) is 0 Å². The van der Waals surface area contributed by atoms with Crippen LogP contribution in [-0.2, 0) is 5.41 Å². The van der Waals surface area contributed by atoms with Crippen LogP contribution in [0.5, 0.6) is 5.75 Å². The first-order valence-electron chi connectivity index (χ1n) is 9.59. The quantitative estimate of drug-likeness (QED) is 0.853. The molecule has 4 aliphatic heterocycles. The molecule has 0 aliphatic carbocycles. The maximum Gasteiger partial charge on any atom is 0.253 e. The van der Waals surface area contributed by atoms with Crippen molar-refractivity contribution < 1.29 is 9.90 Å². The van der Waals surface area contributed by atoms with Crippen molar-refractivity contribution in [1.82, 2.24) is 20.1 Å². The number of hydrogen-bond donors (Lipinski definition) is 2. The fourth-order valence-electron chi connectivity index (χ4n) is 5.35. The van der Waals surface area contributed by atoms with Crippen molar-refractivity contribution in [2.45, 2.75) is 11.5 Å². The monoisotopic (exact) mass is 364 g/mol. The number of benzene rings is 1. The summed E-state index contributed by atoms with van der Waals surface area (Å²) in [6.07, 6.45) is 2.86. The second-order valence-electron chi connectivity index (χ2n) is 8.14. The van der Waals surface area contributed by atoms with Crippen LogP contribution in [0.4, 0.5) is 0 Å². The molecule has 0 saturated carbocycles. The molecule has 0 radical (unpaired) electrons. The molecule has 6 nitrogen and oxygen atoms in total. The molecule has 1 aromatic heterocycles. The Morgan fingerprint density at radius 2 is 1.81 bits per heavy atom. The Morgan fingerprint density at radius 3 is 2.48 bits per heavy atom. The highest BCUT2D eigenvalue weighted by molar-refractivity contribution is 5.94. The zero-order valence-corrected chi connectivity index (χ0v) is 15.2. The first kappa shape index (κ1) is 16.7. The van der Waals surface area contributed by atoms with Crippen LogP contribution >= 0.6 is 0 Å². The summed E-state index contributed by atoms with van der Waals surface area (Å²) in [5.41, 5.74) is 1.59. The van der Waals surface area contributed by atoms with Crippen LogP contribution in [0.25, 0.3) is 0 Å². The van der Waals surface area contributed by atoms with E-state index < -0.39 is 0 Å². The summed E-state index contributed by atoms with van der Waals surface area (Å²) in [7, 11) is 0. The first-order chi connectivity index (χ1) is 13.1. The van der Waals surface area contributed by atoms with E-state index in [9.17, 15) is 9.90 Å². The molecule has 4 saturated heterocycles. The van der Waals surface area contributed by atoms with Gasteiger partial charge in [0, 0.05) is 62.8 Å². The average molecular weight is 364 g/mol. The van der Waals surface area contributed by atoms with Crippen LogP contribution in [0.1, 0.15) is 15.9 Å². The molecule has 2 aromatic rings. The Labute approximate surface area is 158 Å². The molecule has 140 valence electrons. The third-order valence-electron chi connectivity index (χ3n) is 6.42. The number of aromatic nitrogens is 1. The molecule has 4 aliphatic rings. The van der Waals surface area contributed by atoms with Gasteiger partial charge < -0.3 is 20.2 Å². The number of amides is 1. The Kier molecular flexibility index (Phi) is 3.91. The van der Waals surface area contributed by atoms with E-state index >= 15 is 0 Å². The van der Waals surface area contributed by atoms with Gasteiger partial charge >= 0.3 is 0 Å². The van der Waals surface area contributed by atoms with Crippen LogP contribution in [0.2, 0.25) is 0 Å². The fourth-order valence-corrected chi connectivity index (χ4v) is 5.35. The van der Waals surface area contributed by atoms with E-state index in [0.29, 0.717) is 11.5 Å². The van der Waals surface area contributed by atoms with Gasteiger partial charge in [-0.1, -0.05) is 30.3 Å². The van der Waals surface area contributed by atoms with Crippen LogP contribution < -0.4 is 5.32 Å². The van der Waals surface area contributed by atoms with Crippen LogP contribution in [0.3, 0.4) is 0 Å². The molecule has 1 amide bonds. The summed E-state index contributed by atoms with van der Waals surface area (Å²) < 4.78 is 0. The van der Waals surface area contributed by atoms with E-state index in [-0.39, 0.29) is 23.1 Å². The number of rotatable bonds is 3. The van der Waals surface area contributed by atoms with Gasteiger partial charge in [-0.3, -0.25) is 9.78 Å². The fraction of sp³-hybridized carbons (Fsp3) is 0.429. The number of carbonyl (C=O) groups is 1. The summed E-state index contributed by atoms with van der Waals surface area (Å²) in [4.78, 5) is 22.0. The van der Waals surface area contributed by atoms with E-state index in [0.717, 1.165) is 39.3 Å². The third kappa shape index (κ3) is 2.80. The molecular weight excluding hydrogens is 340 g/mol. The van der Waals surface area contributed by atoms with Crippen molar-refractivity contribution in [3.05, 3.63) is 59.9 Å². The predicted octanol–water partition coefficient (Wildman–Crippen LogP) is 1.08. The second kappa shape index (κ2) is 6.32. The van der Waals surface area contributed by atoms with Crippen molar-refractivity contribution in [1.29, 1.82) is 0 Å². The van der Waals surface area contributed by atoms with E-state index in [4.69, 9.17) is 0 Å². The molecule has 0 spiro atoms.